The van der Waals surface area contributed by atoms with Crippen LogP contribution in [0.15, 0.2) is 24.5 Å². The number of pyridine rings is 1. The van der Waals surface area contributed by atoms with Crippen LogP contribution >= 0.6 is 0 Å². The molecule has 1 saturated heterocycles. The van der Waals surface area contributed by atoms with E-state index in [0.29, 0.717) is 24.0 Å². The van der Waals surface area contributed by atoms with Crippen molar-refractivity contribution in [2.24, 2.45) is 5.92 Å². The Morgan fingerprint density at radius 1 is 1.44 bits per heavy atom. The Bertz CT molecular complexity index is 355. The van der Waals surface area contributed by atoms with Crippen LogP contribution in [0.5, 0.6) is 0 Å². The van der Waals surface area contributed by atoms with Crippen LogP contribution in [0.2, 0.25) is 0 Å². The molecule has 0 saturated carbocycles. The van der Waals surface area contributed by atoms with Crippen molar-refractivity contribution in [3.05, 3.63) is 30.1 Å². The molecule has 100 valence electrons. The van der Waals surface area contributed by atoms with Gasteiger partial charge < -0.3 is 10.1 Å². The van der Waals surface area contributed by atoms with Gasteiger partial charge in [0.25, 0.3) is 0 Å². The molecule has 0 radical (unpaired) electrons. The van der Waals surface area contributed by atoms with Gasteiger partial charge >= 0.3 is 0 Å². The van der Waals surface area contributed by atoms with Crippen molar-refractivity contribution >= 4 is 0 Å². The molecule has 0 aliphatic carbocycles. The Morgan fingerprint density at radius 2 is 2.17 bits per heavy atom. The molecule has 4 atom stereocenters. The summed E-state index contributed by atoms with van der Waals surface area (Å²) in [5.41, 5.74) is 1.36. The number of nitrogens with zero attached hydrogens (tertiary/aromatic N) is 1. The summed E-state index contributed by atoms with van der Waals surface area (Å²) in [5.74, 6) is 1.11. The molecule has 1 aliphatic rings. The quantitative estimate of drug-likeness (QED) is 0.869. The van der Waals surface area contributed by atoms with Gasteiger partial charge in [0.1, 0.15) is 0 Å². The molecule has 0 bridgehead atoms. The largest absolute Gasteiger partial charge is 0.378 e. The number of hydrogen-bond acceptors (Lipinski definition) is 3. The van der Waals surface area contributed by atoms with Crippen LogP contribution in [0.25, 0.3) is 0 Å². The minimum absolute atomic E-state index is 0.404. The maximum Gasteiger partial charge on any atom is 0.0551 e. The lowest BCUT2D eigenvalue weighted by molar-refractivity contribution is 0.116. The Hall–Kier alpha value is -0.930. The van der Waals surface area contributed by atoms with E-state index in [4.69, 9.17) is 4.74 Å². The molecule has 2 rings (SSSR count). The third-order valence-electron chi connectivity index (χ3n) is 3.95. The molecular formula is C15H24N2O. The van der Waals surface area contributed by atoms with E-state index in [1.54, 1.807) is 0 Å². The van der Waals surface area contributed by atoms with Crippen molar-refractivity contribution in [3.8, 4) is 0 Å². The molecule has 1 aromatic heterocycles. The van der Waals surface area contributed by atoms with Crippen molar-refractivity contribution in [1.82, 2.24) is 10.3 Å². The van der Waals surface area contributed by atoms with Crippen molar-refractivity contribution in [1.29, 1.82) is 0 Å². The molecule has 3 nitrogen and oxygen atoms in total. The van der Waals surface area contributed by atoms with Crippen LogP contribution in [-0.4, -0.2) is 30.3 Å². The number of rotatable bonds is 5. The van der Waals surface area contributed by atoms with Crippen molar-refractivity contribution in [2.75, 3.05) is 13.2 Å². The first-order valence-electron chi connectivity index (χ1n) is 6.97. The smallest absolute Gasteiger partial charge is 0.0551 e. The molecule has 0 amide bonds. The van der Waals surface area contributed by atoms with Crippen LogP contribution in [0.4, 0.5) is 0 Å². The topological polar surface area (TPSA) is 34.1 Å². The van der Waals surface area contributed by atoms with Gasteiger partial charge in [0.15, 0.2) is 0 Å². The minimum Gasteiger partial charge on any atom is -0.378 e. The van der Waals surface area contributed by atoms with E-state index in [1.807, 2.05) is 12.4 Å². The fraction of sp³-hybridized carbons (Fsp3) is 0.667. The van der Waals surface area contributed by atoms with E-state index in [1.165, 1.54) is 5.56 Å². The molecule has 0 spiro atoms. The number of aromatic nitrogens is 1. The minimum atomic E-state index is 0.404. The molecule has 1 N–H and O–H groups in total. The summed E-state index contributed by atoms with van der Waals surface area (Å²) in [4.78, 5) is 4.10. The van der Waals surface area contributed by atoms with Crippen LogP contribution in [-0.2, 0) is 4.74 Å². The lowest BCUT2D eigenvalue weighted by Crippen LogP contribution is -2.40. The van der Waals surface area contributed by atoms with Gasteiger partial charge in [-0.1, -0.05) is 13.8 Å². The summed E-state index contributed by atoms with van der Waals surface area (Å²) in [7, 11) is 0. The summed E-state index contributed by atoms with van der Waals surface area (Å²) in [6, 6.07) is 4.73. The maximum absolute atomic E-state index is 5.73. The molecule has 18 heavy (non-hydrogen) atoms. The zero-order chi connectivity index (χ0) is 13.0. The maximum atomic E-state index is 5.73. The molecule has 1 fully saturated rings. The molecule has 1 aliphatic heterocycles. The number of ether oxygens (including phenoxy) is 1. The molecular weight excluding hydrogens is 224 g/mol. The summed E-state index contributed by atoms with van der Waals surface area (Å²) in [6.07, 6.45) is 5.32. The van der Waals surface area contributed by atoms with E-state index >= 15 is 0 Å². The second kappa shape index (κ2) is 6.30. The molecule has 1 aromatic rings. The van der Waals surface area contributed by atoms with E-state index in [-0.39, 0.29) is 0 Å². The Balaban J connectivity index is 2.09. The Labute approximate surface area is 110 Å². The molecule has 2 heterocycles. The summed E-state index contributed by atoms with van der Waals surface area (Å²) < 4.78 is 5.73. The highest BCUT2D eigenvalue weighted by atomic mass is 16.5. The van der Waals surface area contributed by atoms with Gasteiger partial charge in [-0.05, 0) is 43.5 Å². The SMILES string of the molecule is CCNC(C1COC(C)C1)C(C)c1ccncc1. The predicted molar refractivity (Wildman–Crippen MR) is 73.6 cm³/mol. The van der Waals surface area contributed by atoms with Gasteiger partial charge in [0.2, 0.25) is 0 Å². The first kappa shape index (κ1) is 13.5. The van der Waals surface area contributed by atoms with Crippen LogP contribution in [0.3, 0.4) is 0 Å². The zero-order valence-electron chi connectivity index (χ0n) is 11.6. The number of hydrogen-bond donors (Lipinski definition) is 1. The molecule has 0 aromatic carbocycles. The average Bonchev–Trinajstić information content (AvgIpc) is 2.82. The zero-order valence-corrected chi connectivity index (χ0v) is 11.6. The van der Waals surface area contributed by atoms with Crippen molar-refractivity contribution in [2.45, 2.75) is 45.3 Å². The number of nitrogens with one attached hydrogen (secondary N) is 1. The van der Waals surface area contributed by atoms with Crippen molar-refractivity contribution in [3.63, 3.8) is 0 Å². The summed E-state index contributed by atoms with van der Waals surface area (Å²) >= 11 is 0. The lowest BCUT2D eigenvalue weighted by Gasteiger charge is -2.29. The van der Waals surface area contributed by atoms with Crippen LogP contribution in [0.1, 0.15) is 38.7 Å². The average molecular weight is 248 g/mol. The highest BCUT2D eigenvalue weighted by Crippen LogP contribution is 2.30. The van der Waals surface area contributed by atoms with E-state index < -0.39 is 0 Å². The fourth-order valence-electron chi connectivity index (χ4n) is 2.96. The summed E-state index contributed by atoms with van der Waals surface area (Å²) in [5, 5.41) is 3.64. The second-order valence-corrected chi connectivity index (χ2v) is 5.29. The van der Waals surface area contributed by atoms with E-state index in [9.17, 15) is 0 Å². The molecule has 3 heteroatoms. The summed E-state index contributed by atoms with van der Waals surface area (Å²) in [6.45, 7) is 8.52. The first-order chi connectivity index (χ1) is 8.72. The Kier molecular flexibility index (Phi) is 4.72. The van der Waals surface area contributed by atoms with Gasteiger partial charge in [-0.2, -0.15) is 0 Å². The van der Waals surface area contributed by atoms with Gasteiger partial charge in [-0.25, -0.2) is 0 Å². The van der Waals surface area contributed by atoms with Crippen LogP contribution < -0.4 is 5.32 Å². The van der Waals surface area contributed by atoms with Gasteiger partial charge in [0.05, 0.1) is 12.7 Å². The highest BCUT2D eigenvalue weighted by molar-refractivity contribution is 5.17. The third-order valence-corrected chi connectivity index (χ3v) is 3.95. The number of likely N-dealkylation sites (N-methyl/N-ethyl adjacent to an activating group) is 1. The van der Waals surface area contributed by atoms with Gasteiger partial charge in [0, 0.05) is 24.4 Å². The molecule has 4 unspecified atom stereocenters. The van der Waals surface area contributed by atoms with E-state index in [2.05, 4.69) is 43.2 Å². The third kappa shape index (κ3) is 3.09. The lowest BCUT2D eigenvalue weighted by atomic mass is 9.84. The fourth-order valence-corrected chi connectivity index (χ4v) is 2.96. The predicted octanol–water partition coefficient (Wildman–Crippen LogP) is 2.59. The first-order valence-corrected chi connectivity index (χ1v) is 6.97. The van der Waals surface area contributed by atoms with Gasteiger partial charge in [-0.3, -0.25) is 4.98 Å². The standard InChI is InChI=1S/C15H24N2O/c1-4-17-15(14-9-11(2)18-10-14)12(3)13-5-7-16-8-6-13/h5-8,11-12,14-15,17H,4,9-10H2,1-3H3. The Morgan fingerprint density at radius 3 is 2.72 bits per heavy atom. The highest BCUT2D eigenvalue weighted by Gasteiger charge is 2.32. The van der Waals surface area contributed by atoms with E-state index in [0.717, 1.165) is 19.6 Å². The van der Waals surface area contributed by atoms with Crippen molar-refractivity contribution < 1.29 is 4.74 Å². The monoisotopic (exact) mass is 248 g/mol. The second-order valence-electron chi connectivity index (χ2n) is 5.29. The normalized spacial score (nSPS) is 27.1. The van der Waals surface area contributed by atoms with Gasteiger partial charge in [-0.15, -0.1) is 0 Å². The van der Waals surface area contributed by atoms with Crippen LogP contribution in [0, 0.1) is 5.92 Å².